The number of nitrogens with zero attached hydrogens (tertiary/aromatic N) is 2. The van der Waals surface area contributed by atoms with Gasteiger partial charge in [-0.15, -0.1) is 0 Å². The summed E-state index contributed by atoms with van der Waals surface area (Å²) < 4.78 is 11.6. The fourth-order valence-corrected chi connectivity index (χ4v) is 4.51. The van der Waals surface area contributed by atoms with Gasteiger partial charge >= 0.3 is 0 Å². The Morgan fingerprint density at radius 1 is 0.897 bits per heavy atom. The first-order chi connectivity index (χ1) is 13.9. The van der Waals surface area contributed by atoms with E-state index in [4.69, 9.17) is 9.47 Å². The summed E-state index contributed by atoms with van der Waals surface area (Å²) in [5, 5.41) is 3.05. The summed E-state index contributed by atoms with van der Waals surface area (Å²) in [4.78, 5) is 17.3. The van der Waals surface area contributed by atoms with E-state index in [2.05, 4.69) is 54.9 Å². The standard InChI is InChI=1S/C23H37N3O3/c1-17-12-25(13-18(2)28-17)11-5-10-24-23(27)22-8-6-21(7-9-22)16-26-14-19(3)29-20(4)15-26/h6-9,17-20H,5,10-16H2,1-4H3,(H,24,27). The lowest BCUT2D eigenvalue weighted by molar-refractivity contribution is -0.0705. The van der Waals surface area contributed by atoms with Crippen LogP contribution in [0, 0.1) is 0 Å². The minimum Gasteiger partial charge on any atom is -0.373 e. The lowest BCUT2D eigenvalue weighted by atomic mass is 10.1. The Hall–Kier alpha value is -1.47. The number of hydrogen-bond acceptors (Lipinski definition) is 5. The molecule has 2 saturated heterocycles. The molecular formula is C23H37N3O3. The van der Waals surface area contributed by atoms with E-state index in [0.29, 0.717) is 6.54 Å². The first-order valence-corrected chi connectivity index (χ1v) is 11.0. The number of amides is 1. The zero-order valence-electron chi connectivity index (χ0n) is 18.4. The monoisotopic (exact) mass is 403 g/mol. The van der Waals surface area contributed by atoms with E-state index in [1.54, 1.807) is 0 Å². The van der Waals surface area contributed by atoms with Gasteiger partial charge in [0.2, 0.25) is 0 Å². The third-order valence-corrected chi connectivity index (χ3v) is 5.55. The SMILES string of the molecule is CC1CN(CCCNC(=O)c2ccc(CN3CC(C)OC(C)C3)cc2)CC(C)O1. The molecule has 1 N–H and O–H groups in total. The maximum absolute atomic E-state index is 12.4. The number of benzene rings is 1. The Bertz CT molecular complexity index is 631. The highest BCUT2D eigenvalue weighted by atomic mass is 16.5. The molecule has 2 aliphatic heterocycles. The molecule has 0 aromatic heterocycles. The van der Waals surface area contributed by atoms with E-state index >= 15 is 0 Å². The number of nitrogens with one attached hydrogen (secondary N) is 1. The van der Waals surface area contributed by atoms with Crippen molar-refractivity contribution in [3.8, 4) is 0 Å². The smallest absolute Gasteiger partial charge is 0.251 e. The fourth-order valence-electron chi connectivity index (χ4n) is 4.51. The van der Waals surface area contributed by atoms with Crippen molar-refractivity contribution >= 4 is 5.91 Å². The van der Waals surface area contributed by atoms with Crippen molar-refractivity contribution in [2.24, 2.45) is 0 Å². The van der Waals surface area contributed by atoms with Crippen LogP contribution in [-0.2, 0) is 16.0 Å². The molecule has 0 bridgehead atoms. The van der Waals surface area contributed by atoms with Gasteiger partial charge in [-0.05, 0) is 51.8 Å². The van der Waals surface area contributed by atoms with Gasteiger partial charge in [0.1, 0.15) is 0 Å². The second-order valence-corrected chi connectivity index (χ2v) is 8.77. The molecule has 0 aliphatic carbocycles. The number of rotatable bonds is 7. The third-order valence-electron chi connectivity index (χ3n) is 5.55. The van der Waals surface area contributed by atoms with Crippen LogP contribution in [0.5, 0.6) is 0 Å². The molecule has 4 unspecified atom stereocenters. The van der Waals surface area contributed by atoms with Gasteiger partial charge in [-0.25, -0.2) is 0 Å². The number of carbonyl (C=O) groups is 1. The summed E-state index contributed by atoms with van der Waals surface area (Å²) in [6, 6.07) is 8.00. The van der Waals surface area contributed by atoms with E-state index in [-0.39, 0.29) is 30.3 Å². The summed E-state index contributed by atoms with van der Waals surface area (Å²) >= 11 is 0. The van der Waals surface area contributed by atoms with Crippen LogP contribution in [0.1, 0.15) is 50.0 Å². The maximum Gasteiger partial charge on any atom is 0.251 e. The van der Waals surface area contributed by atoms with Gasteiger partial charge in [0, 0.05) is 51.4 Å². The molecule has 2 heterocycles. The molecule has 162 valence electrons. The van der Waals surface area contributed by atoms with Gasteiger partial charge in [-0.2, -0.15) is 0 Å². The highest BCUT2D eigenvalue weighted by Crippen LogP contribution is 2.15. The average molecular weight is 404 g/mol. The normalized spacial score (nSPS) is 29.0. The van der Waals surface area contributed by atoms with Crippen LogP contribution >= 0.6 is 0 Å². The summed E-state index contributed by atoms with van der Waals surface area (Å²) in [6.07, 6.45) is 2.07. The van der Waals surface area contributed by atoms with Crippen LogP contribution in [0.25, 0.3) is 0 Å². The van der Waals surface area contributed by atoms with Crippen LogP contribution in [0.2, 0.25) is 0 Å². The second-order valence-electron chi connectivity index (χ2n) is 8.77. The molecule has 3 rings (SSSR count). The number of ether oxygens (including phenoxy) is 2. The highest BCUT2D eigenvalue weighted by Gasteiger charge is 2.22. The molecule has 0 spiro atoms. The lowest BCUT2D eigenvalue weighted by Crippen LogP contribution is -2.46. The molecule has 2 fully saturated rings. The molecule has 6 nitrogen and oxygen atoms in total. The number of morpholine rings is 2. The highest BCUT2D eigenvalue weighted by molar-refractivity contribution is 5.94. The quantitative estimate of drug-likeness (QED) is 0.709. The molecule has 0 radical (unpaired) electrons. The molecule has 2 aliphatic rings. The van der Waals surface area contributed by atoms with E-state index in [1.165, 1.54) is 5.56 Å². The van der Waals surface area contributed by atoms with Crippen molar-refractivity contribution in [1.82, 2.24) is 15.1 Å². The molecule has 6 heteroatoms. The Morgan fingerprint density at radius 2 is 1.41 bits per heavy atom. The Balaban J connectivity index is 1.38. The zero-order chi connectivity index (χ0) is 20.8. The Labute approximate surface area is 175 Å². The molecule has 1 aromatic carbocycles. The Morgan fingerprint density at radius 3 is 1.97 bits per heavy atom. The van der Waals surface area contributed by atoms with Crippen LogP contribution in [0.15, 0.2) is 24.3 Å². The molecule has 29 heavy (non-hydrogen) atoms. The van der Waals surface area contributed by atoms with Gasteiger partial charge in [-0.3, -0.25) is 14.6 Å². The van der Waals surface area contributed by atoms with Crippen molar-refractivity contribution < 1.29 is 14.3 Å². The third kappa shape index (κ3) is 7.07. The first-order valence-electron chi connectivity index (χ1n) is 11.0. The average Bonchev–Trinajstić information content (AvgIpc) is 2.64. The van der Waals surface area contributed by atoms with E-state index in [0.717, 1.165) is 51.3 Å². The molecule has 0 saturated carbocycles. The minimum absolute atomic E-state index is 0.00822. The molecule has 1 amide bonds. The lowest BCUT2D eigenvalue weighted by Gasteiger charge is -2.35. The van der Waals surface area contributed by atoms with Crippen LogP contribution in [0.4, 0.5) is 0 Å². The molecule has 4 atom stereocenters. The second kappa shape index (κ2) is 10.5. The van der Waals surface area contributed by atoms with Crippen molar-refractivity contribution in [2.45, 2.75) is 65.1 Å². The minimum atomic E-state index is 0.00822. The van der Waals surface area contributed by atoms with Gasteiger partial charge in [0.25, 0.3) is 5.91 Å². The van der Waals surface area contributed by atoms with Gasteiger partial charge in [0.15, 0.2) is 0 Å². The van der Waals surface area contributed by atoms with Gasteiger partial charge in [0.05, 0.1) is 24.4 Å². The molecular weight excluding hydrogens is 366 g/mol. The summed E-state index contributed by atoms with van der Waals surface area (Å²) in [6.45, 7) is 14.9. The predicted molar refractivity (Wildman–Crippen MR) is 115 cm³/mol. The van der Waals surface area contributed by atoms with Crippen LogP contribution in [-0.4, -0.2) is 79.4 Å². The fraction of sp³-hybridized carbons (Fsp3) is 0.696. The van der Waals surface area contributed by atoms with Crippen LogP contribution < -0.4 is 5.32 Å². The first kappa shape index (κ1) is 22.2. The van der Waals surface area contributed by atoms with Gasteiger partial charge in [-0.1, -0.05) is 12.1 Å². The largest absolute Gasteiger partial charge is 0.373 e. The Kier molecular flexibility index (Phi) is 8.07. The van der Waals surface area contributed by atoms with E-state index < -0.39 is 0 Å². The van der Waals surface area contributed by atoms with Crippen molar-refractivity contribution in [2.75, 3.05) is 39.3 Å². The van der Waals surface area contributed by atoms with E-state index in [9.17, 15) is 4.79 Å². The summed E-state index contributed by atoms with van der Waals surface area (Å²) in [5.74, 6) is 0.00822. The summed E-state index contributed by atoms with van der Waals surface area (Å²) in [7, 11) is 0. The van der Waals surface area contributed by atoms with Crippen molar-refractivity contribution in [1.29, 1.82) is 0 Å². The number of hydrogen-bond donors (Lipinski definition) is 1. The van der Waals surface area contributed by atoms with E-state index in [1.807, 2.05) is 12.1 Å². The molecule has 1 aromatic rings. The van der Waals surface area contributed by atoms with Gasteiger partial charge < -0.3 is 14.8 Å². The van der Waals surface area contributed by atoms with Crippen molar-refractivity contribution in [3.05, 3.63) is 35.4 Å². The maximum atomic E-state index is 12.4. The topological polar surface area (TPSA) is 54.0 Å². The van der Waals surface area contributed by atoms with Crippen molar-refractivity contribution in [3.63, 3.8) is 0 Å². The predicted octanol–water partition coefficient (Wildman–Crippen LogP) is 2.52. The summed E-state index contributed by atoms with van der Waals surface area (Å²) in [5.41, 5.74) is 1.96. The zero-order valence-corrected chi connectivity index (χ0v) is 18.4. The van der Waals surface area contributed by atoms with Crippen LogP contribution in [0.3, 0.4) is 0 Å². The number of carbonyl (C=O) groups excluding carboxylic acids is 1.